The van der Waals surface area contributed by atoms with Crippen LogP contribution in [0.2, 0.25) is 0 Å². The monoisotopic (exact) mass is 621 g/mol. The highest BCUT2D eigenvalue weighted by Gasteiger charge is 2.33. The molecule has 9 nitrogen and oxygen atoms in total. The Labute approximate surface area is 258 Å². The molecule has 4 rings (SSSR count). The fourth-order valence-corrected chi connectivity index (χ4v) is 8.02. The van der Waals surface area contributed by atoms with Crippen LogP contribution in [-0.4, -0.2) is 128 Å². The zero-order chi connectivity index (χ0) is 31.1. The van der Waals surface area contributed by atoms with E-state index in [2.05, 4.69) is 28.5 Å². The average Bonchev–Trinajstić information content (AvgIpc) is 2.96. The lowest BCUT2D eigenvalue weighted by atomic mass is 9.78. The van der Waals surface area contributed by atoms with Crippen molar-refractivity contribution in [2.24, 2.45) is 11.8 Å². The van der Waals surface area contributed by atoms with Gasteiger partial charge < -0.3 is 14.7 Å². The van der Waals surface area contributed by atoms with E-state index >= 15 is 0 Å². The molecule has 0 spiro atoms. The van der Waals surface area contributed by atoms with E-state index in [1.807, 2.05) is 11.0 Å². The van der Waals surface area contributed by atoms with Gasteiger partial charge in [-0.3, -0.25) is 14.5 Å². The van der Waals surface area contributed by atoms with E-state index in [1.165, 1.54) is 12.3 Å². The van der Waals surface area contributed by atoms with Gasteiger partial charge in [0.2, 0.25) is 21.8 Å². The van der Waals surface area contributed by atoms with Crippen molar-refractivity contribution >= 4 is 21.8 Å². The highest BCUT2D eigenvalue weighted by Crippen LogP contribution is 2.36. The van der Waals surface area contributed by atoms with Crippen molar-refractivity contribution < 1.29 is 22.4 Å². The van der Waals surface area contributed by atoms with Crippen molar-refractivity contribution in [1.29, 1.82) is 0 Å². The van der Waals surface area contributed by atoms with Crippen LogP contribution in [-0.2, 0) is 19.6 Å². The van der Waals surface area contributed by atoms with Gasteiger partial charge in [-0.2, -0.15) is 0 Å². The first-order valence-corrected chi connectivity index (χ1v) is 18.0. The third-order valence-corrected chi connectivity index (χ3v) is 10.9. The van der Waals surface area contributed by atoms with E-state index < -0.39 is 10.0 Å². The maximum absolute atomic E-state index is 14.2. The molecule has 1 atom stereocenters. The number of rotatable bonds is 11. The second kappa shape index (κ2) is 15.3. The standard InChI is InChI=1S/C32H52FN5O4S/c1-25(2)23-38(32(40)24-35-18-20-36(21-19-35)26(3)39)30-10-13-34(14-11-30)15-12-31(28-6-5-7-29(33)22-28)27-8-16-37(17-9-27)43(4,41)42/h5-7,22,25,27,30-31H,8-21,23-24H2,1-4H3/t31-/m1/s1. The number of sulfonamides is 1. The van der Waals surface area contributed by atoms with Gasteiger partial charge in [-0.05, 0) is 74.1 Å². The average molecular weight is 622 g/mol. The number of carbonyl (C=O) groups is 2. The summed E-state index contributed by atoms with van der Waals surface area (Å²) in [6.07, 6.45) is 5.62. The van der Waals surface area contributed by atoms with Crippen molar-refractivity contribution in [2.45, 2.75) is 64.8 Å². The van der Waals surface area contributed by atoms with Gasteiger partial charge in [-0.1, -0.05) is 26.0 Å². The first-order valence-electron chi connectivity index (χ1n) is 16.1. The predicted octanol–water partition coefficient (Wildman–Crippen LogP) is 3.08. The number of halogens is 1. The SMILES string of the molecule is CC(=O)N1CCN(CC(=O)N(CC(C)C)C2CCN(CC[C@@H](c3cccc(F)c3)C3CCN(S(C)(=O)=O)CC3)CC2)CC1. The maximum atomic E-state index is 14.2. The molecule has 0 aliphatic carbocycles. The number of hydrogen-bond acceptors (Lipinski definition) is 6. The van der Waals surface area contributed by atoms with Gasteiger partial charge in [-0.25, -0.2) is 17.1 Å². The topological polar surface area (TPSA) is 84.5 Å². The summed E-state index contributed by atoms with van der Waals surface area (Å²) >= 11 is 0. The summed E-state index contributed by atoms with van der Waals surface area (Å²) in [5.74, 6) is 0.936. The molecule has 1 aromatic rings. The van der Waals surface area contributed by atoms with Crippen molar-refractivity contribution in [1.82, 2.24) is 23.9 Å². The summed E-state index contributed by atoms with van der Waals surface area (Å²) in [4.78, 5) is 33.8. The Morgan fingerprint density at radius 3 is 2.16 bits per heavy atom. The molecule has 43 heavy (non-hydrogen) atoms. The molecule has 242 valence electrons. The number of likely N-dealkylation sites (tertiary alicyclic amines) is 1. The predicted molar refractivity (Wildman–Crippen MR) is 168 cm³/mol. The molecular weight excluding hydrogens is 569 g/mol. The Kier molecular flexibility index (Phi) is 12.0. The largest absolute Gasteiger partial charge is 0.340 e. The zero-order valence-electron chi connectivity index (χ0n) is 26.6. The van der Waals surface area contributed by atoms with Crippen LogP contribution < -0.4 is 0 Å². The molecule has 3 fully saturated rings. The lowest BCUT2D eigenvalue weighted by molar-refractivity contribution is -0.137. The highest BCUT2D eigenvalue weighted by atomic mass is 32.2. The summed E-state index contributed by atoms with van der Waals surface area (Å²) in [6, 6.07) is 7.14. The van der Waals surface area contributed by atoms with Gasteiger partial charge in [0.25, 0.3) is 0 Å². The lowest BCUT2D eigenvalue weighted by Gasteiger charge is -2.41. The summed E-state index contributed by atoms with van der Waals surface area (Å²) in [5.41, 5.74) is 1.01. The Balaban J connectivity index is 1.32. The molecule has 1 aromatic carbocycles. The number of amides is 2. The molecule has 0 N–H and O–H groups in total. The molecular formula is C32H52FN5O4S. The first kappa shape index (κ1) is 33.8. The van der Waals surface area contributed by atoms with Gasteiger partial charge in [-0.15, -0.1) is 0 Å². The minimum absolute atomic E-state index is 0.0961. The summed E-state index contributed by atoms with van der Waals surface area (Å²) < 4.78 is 39.9. The molecule has 3 aliphatic rings. The van der Waals surface area contributed by atoms with Crippen LogP contribution in [0.15, 0.2) is 24.3 Å². The van der Waals surface area contributed by atoms with Crippen molar-refractivity contribution in [2.75, 3.05) is 78.2 Å². The molecule has 0 aromatic heterocycles. The fraction of sp³-hybridized carbons (Fsp3) is 0.750. The summed E-state index contributed by atoms with van der Waals surface area (Å²) in [7, 11) is -3.20. The minimum Gasteiger partial charge on any atom is -0.340 e. The number of benzene rings is 1. The van der Waals surface area contributed by atoms with Crippen LogP contribution in [0, 0.1) is 17.7 Å². The highest BCUT2D eigenvalue weighted by molar-refractivity contribution is 7.88. The number of piperidine rings is 2. The molecule has 0 bridgehead atoms. The smallest absolute Gasteiger partial charge is 0.237 e. The van der Waals surface area contributed by atoms with E-state index in [-0.39, 0.29) is 29.6 Å². The zero-order valence-corrected chi connectivity index (χ0v) is 27.4. The van der Waals surface area contributed by atoms with E-state index in [0.717, 1.165) is 76.9 Å². The van der Waals surface area contributed by atoms with Crippen LogP contribution in [0.1, 0.15) is 64.4 Å². The minimum atomic E-state index is -3.20. The second-order valence-electron chi connectivity index (χ2n) is 13.2. The number of carbonyl (C=O) groups excluding carboxylic acids is 2. The Hall–Kier alpha value is -2.08. The van der Waals surface area contributed by atoms with Crippen molar-refractivity contribution in [3.8, 4) is 0 Å². The van der Waals surface area contributed by atoms with E-state index in [9.17, 15) is 22.4 Å². The molecule has 3 aliphatic heterocycles. The van der Waals surface area contributed by atoms with Crippen LogP contribution in [0.5, 0.6) is 0 Å². The molecule has 3 heterocycles. The van der Waals surface area contributed by atoms with Crippen LogP contribution >= 0.6 is 0 Å². The second-order valence-corrected chi connectivity index (χ2v) is 15.2. The first-order chi connectivity index (χ1) is 20.4. The van der Waals surface area contributed by atoms with Crippen LogP contribution in [0.3, 0.4) is 0 Å². The normalized spacial score (nSPS) is 21.3. The van der Waals surface area contributed by atoms with Crippen LogP contribution in [0.25, 0.3) is 0 Å². The number of piperazine rings is 1. The lowest BCUT2D eigenvalue weighted by Crippen LogP contribution is -2.54. The summed E-state index contributed by atoms with van der Waals surface area (Å²) in [6.45, 7) is 13.7. The van der Waals surface area contributed by atoms with E-state index in [0.29, 0.717) is 44.6 Å². The van der Waals surface area contributed by atoms with Crippen LogP contribution in [0.4, 0.5) is 4.39 Å². The molecule has 2 amide bonds. The van der Waals surface area contributed by atoms with E-state index in [4.69, 9.17) is 0 Å². The molecule has 11 heteroatoms. The Morgan fingerprint density at radius 1 is 0.953 bits per heavy atom. The number of hydrogen-bond donors (Lipinski definition) is 0. The summed E-state index contributed by atoms with van der Waals surface area (Å²) in [5, 5.41) is 0. The third-order valence-electron chi connectivity index (χ3n) is 9.63. The van der Waals surface area contributed by atoms with Crippen molar-refractivity contribution in [3.63, 3.8) is 0 Å². The molecule has 0 saturated carbocycles. The van der Waals surface area contributed by atoms with Gasteiger partial charge in [0, 0.05) is 71.9 Å². The fourth-order valence-electron chi connectivity index (χ4n) is 7.15. The molecule has 0 radical (unpaired) electrons. The van der Waals surface area contributed by atoms with Crippen molar-refractivity contribution in [3.05, 3.63) is 35.6 Å². The number of nitrogens with zero attached hydrogens (tertiary/aromatic N) is 5. The molecule has 0 unspecified atom stereocenters. The quantitative estimate of drug-likeness (QED) is 0.378. The van der Waals surface area contributed by atoms with Gasteiger partial charge in [0.1, 0.15) is 5.82 Å². The maximum Gasteiger partial charge on any atom is 0.237 e. The van der Waals surface area contributed by atoms with Gasteiger partial charge in [0.05, 0.1) is 12.8 Å². The molecule has 3 saturated heterocycles. The Morgan fingerprint density at radius 2 is 1.60 bits per heavy atom. The van der Waals surface area contributed by atoms with Gasteiger partial charge in [0.15, 0.2) is 0 Å². The Bertz CT molecular complexity index is 1170. The van der Waals surface area contributed by atoms with Gasteiger partial charge >= 0.3 is 0 Å². The third kappa shape index (κ3) is 9.70. The van der Waals surface area contributed by atoms with E-state index in [1.54, 1.807) is 23.4 Å².